The van der Waals surface area contributed by atoms with Crippen molar-refractivity contribution in [2.24, 2.45) is 0 Å². The van der Waals surface area contributed by atoms with Gasteiger partial charge in [0.25, 0.3) is 0 Å². The lowest BCUT2D eigenvalue weighted by molar-refractivity contribution is 0.602. The van der Waals surface area contributed by atoms with Gasteiger partial charge in [-0.1, -0.05) is 170 Å². The van der Waals surface area contributed by atoms with Crippen LogP contribution in [0.1, 0.15) is 22.5 Å². The van der Waals surface area contributed by atoms with E-state index in [0.29, 0.717) is 0 Å². The maximum Gasteiger partial charge on any atom is 0.159 e. The first kappa shape index (κ1) is 33.7. The molecule has 0 radical (unpaired) electrons. The van der Waals surface area contributed by atoms with Crippen molar-refractivity contribution < 1.29 is 8.83 Å². The fraction of sp³-hybridized carbons (Fsp3) is 0.0182. The number of benzene rings is 8. The molecule has 1 aliphatic rings. The number of anilines is 3. The number of fused-ring (bicyclic) bond motifs is 7. The summed E-state index contributed by atoms with van der Waals surface area (Å²) in [5, 5.41) is 3.24. The Labute approximate surface area is 337 Å². The number of hydrogen-bond acceptors (Lipinski definition) is 3. The van der Waals surface area contributed by atoms with E-state index in [4.69, 9.17) is 8.83 Å². The maximum atomic E-state index is 6.95. The predicted molar refractivity (Wildman–Crippen MR) is 240 cm³/mol. The summed E-state index contributed by atoms with van der Waals surface area (Å²) >= 11 is 0. The molecule has 58 heavy (non-hydrogen) atoms. The van der Waals surface area contributed by atoms with Gasteiger partial charge in [-0.05, 0) is 87.5 Å². The van der Waals surface area contributed by atoms with Crippen LogP contribution in [0.5, 0.6) is 0 Å². The fourth-order valence-electron chi connectivity index (χ4n) is 9.26. The van der Waals surface area contributed by atoms with E-state index in [1.807, 2.05) is 30.3 Å². The molecular weight excluding hydrogens is 707 g/mol. The molecule has 2 aromatic heterocycles. The van der Waals surface area contributed by atoms with Crippen molar-refractivity contribution in [1.82, 2.24) is 0 Å². The molecule has 1 aliphatic carbocycles. The smallest absolute Gasteiger partial charge is 0.159 e. The molecule has 0 spiro atoms. The molecule has 2 heterocycles. The van der Waals surface area contributed by atoms with E-state index in [2.05, 4.69) is 193 Å². The van der Waals surface area contributed by atoms with Crippen LogP contribution in [0.3, 0.4) is 0 Å². The van der Waals surface area contributed by atoms with Gasteiger partial charge >= 0.3 is 0 Å². The van der Waals surface area contributed by atoms with Crippen LogP contribution < -0.4 is 4.90 Å². The van der Waals surface area contributed by atoms with Gasteiger partial charge < -0.3 is 13.7 Å². The Bertz CT molecular complexity index is 3110. The quantitative estimate of drug-likeness (QED) is 0.145. The monoisotopic (exact) mass is 743 g/mol. The molecular formula is C55H37NO2. The highest BCUT2D eigenvalue weighted by Gasteiger charge is 2.46. The van der Waals surface area contributed by atoms with Gasteiger partial charge in [-0.15, -0.1) is 0 Å². The number of furan rings is 2. The van der Waals surface area contributed by atoms with Crippen LogP contribution >= 0.6 is 0 Å². The lowest BCUT2D eigenvalue weighted by atomic mass is 9.67. The normalized spacial score (nSPS) is 13.1. The fourth-order valence-corrected chi connectivity index (χ4v) is 9.26. The van der Waals surface area contributed by atoms with Gasteiger partial charge in [0.2, 0.25) is 0 Å². The number of rotatable bonds is 8. The van der Waals surface area contributed by atoms with Crippen LogP contribution in [0.15, 0.2) is 227 Å². The highest BCUT2D eigenvalue weighted by atomic mass is 16.3. The van der Waals surface area contributed by atoms with E-state index in [1.54, 1.807) is 0 Å². The molecule has 0 aliphatic heterocycles. The average Bonchev–Trinajstić information content (AvgIpc) is 3.98. The Hall–Kier alpha value is -7.62. The Morgan fingerprint density at radius 2 is 1.09 bits per heavy atom. The second-order valence-corrected chi connectivity index (χ2v) is 14.9. The van der Waals surface area contributed by atoms with Gasteiger partial charge in [-0.3, -0.25) is 0 Å². The molecule has 0 saturated carbocycles. The zero-order valence-corrected chi connectivity index (χ0v) is 31.7. The average molecular weight is 744 g/mol. The molecule has 0 bridgehead atoms. The molecule has 10 aromatic rings. The van der Waals surface area contributed by atoms with Gasteiger partial charge in [0.1, 0.15) is 16.9 Å². The molecule has 3 nitrogen and oxygen atoms in total. The summed E-state index contributed by atoms with van der Waals surface area (Å²) in [5.41, 5.74) is 14.2. The molecule has 8 aromatic carbocycles. The Balaban J connectivity index is 1.11. The van der Waals surface area contributed by atoms with Crippen LogP contribution in [-0.2, 0) is 5.41 Å². The zero-order valence-electron chi connectivity index (χ0n) is 31.7. The summed E-state index contributed by atoms with van der Waals surface area (Å²) in [4.78, 5) is 2.30. The van der Waals surface area contributed by atoms with Crippen LogP contribution in [-0.4, -0.2) is 0 Å². The number of allylic oxidation sites excluding steroid dienone is 2. The van der Waals surface area contributed by atoms with Crippen molar-refractivity contribution in [3.8, 4) is 22.3 Å². The molecule has 0 atom stereocenters. The third-order valence-corrected chi connectivity index (χ3v) is 11.7. The zero-order chi connectivity index (χ0) is 38.6. The van der Waals surface area contributed by atoms with Crippen molar-refractivity contribution in [3.05, 3.63) is 241 Å². The summed E-state index contributed by atoms with van der Waals surface area (Å²) in [6.07, 6.45) is 4.17. The third-order valence-electron chi connectivity index (χ3n) is 11.7. The largest absolute Gasteiger partial charge is 0.457 e. The lowest BCUT2D eigenvalue weighted by Crippen LogP contribution is -2.29. The summed E-state index contributed by atoms with van der Waals surface area (Å²) in [6, 6.07) is 70.7. The number of hydrogen-bond donors (Lipinski definition) is 0. The van der Waals surface area contributed by atoms with Crippen LogP contribution in [0, 0.1) is 0 Å². The van der Waals surface area contributed by atoms with Crippen molar-refractivity contribution in [2.45, 2.75) is 5.41 Å². The minimum Gasteiger partial charge on any atom is -0.457 e. The lowest BCUT2D eigenvalue weighted by Gasteiger charge is -2.35. The third kappa shape index (κ3) is 5.14. The summed E-state index contributed by atoms with van der Waals surface area (Å²) in [6.45, 7) is 4.44. The van der Waals surface area contributed by atoms with E-state index >= 15 is 0 Å². The second-order valence-electron chi connectivity index (χ2n) is 14.9. The summed E-state index contributed by atoms with van der Waals surface area (Å²) in [5.74, 6) is 0.790. The van der Waals surface area contributed by atoms with Gasteiger partial charge in [0.15, 0.2) is 5.58 Å². The SMILES string of the molecule is C=C/C(=C\c1cc2ccccc2o1)C1(c2ccc(N(c3ccccc3)c3cccc4c3oc3c(-c5ccccc5)cccc34)cc2)c2ccccc2-c2ccccc21. The molecule has 3 heteroatoms. The summed E-state index contributed by atoms with van der Waals surface area (Å²) < 4.78 is 13.4. The van der Waals surface area contributed by atoms with Crippen LogP contribution in [0.25, 0.3) is 61.2 Å². The van der Waals surface area contributed by atoms with Crippen molar-refractivity contribution in [2.75, 3.05) is 4.90 Å². The molecule has 0 amide bonds. The Morgan fingerprint density at radius 3 is 1.79 bits per heavy atom. The van der Waals surface area contributed by atoms with E-state index in [1.165, 1.54) is 22.3 Å². The number of para-hydroxylation sites is 4. The highest BCUT2D eigenvalue weighted by Crippen LogP contribution is 2.57. The van der Waals surface area contributed by atoms with E-state index in [0.717, 1.165) is 78.0 Å². The molecule has 11 rings (SSSR count). The highest BCUT2D eigenvalue weighted by molar-refractivity contribution is 6.13. The predicted octanol–water partition coefficient (Wildman–Crippen LogP) is 15.1. The first-order valence-corrected chi connectivity index (χ1v) is 19.7. The van der Waals surface area contributed by atoms with Crippen LogP contribution in [0.4, 0.5) is 17.1 Å². The topological polar surface area (TPSA) is 29.5 Å². The van der Waals surface area contributed by atoms with Crippen molar-refractivity contribution >= 4 is 56.0 Å². The molecule has 0 unspecified atom stereocenters. The Morgan fingerprint density at radius 1 is 0.500 bits per heavy atom. The van der Waals surface area contributed by atoms with Crippen molar-refractivity contribution in [1.29, 1.82) is 0 Å². The Kier molecular flexibility index (Phi) is 7.87. The van der Waals surface area contributed by atoms with Gasteiger partial charge in [0, 0.05) is 33.1 Å². The molecule has 0 N–H and O–H groups in total. The second kappa shape index (κ2) is 13.5. The minimum absolute atomic E-state index is 0.656. The van der Waals surface area contributed by atoms with E-state index < -0.39 is 5.41 Å². The van der Waals surface area contributed by atoms with Gasteiger partial charge in [0.05, 0.1) is 11.1 Å². The van der Waals surface area contributed by atoms with E-state index in [9.17, 15) is 0 Å². The standard InChI is InChI=1S/C55H37NO2/c1-2-39(36-43-35-38-19-9-14-30-52(38)57-43)55(49-27-12-10-22-45(49)46-23-11-13-28-50(46)55)40-31-33-42(34-32-40)56(41-20-7-4-8-21-41)51-29-16-26-48-47-25-15-24-44(53(47)58-54(48)51)37-17-5-3-6-18-37/h2-36H,1H2/b39-36+. The van der Waals surface area contributed by atoms with E-state index in [-0.39, 0.29) is 0 Å². The molecule has 0 saturated heterocycles. The van der Waals surface area contributed by atoms with Crippen LogP contribution in [0.2, 0.25) is 0 Å². The summed E-state index contributed by atoms with van der Waals surface area (Å²) in [7, 11) is 0. The first-order valence-electron chi connectivity index (χ1n) is 19.7. The first-order chi connectivity index (χ1) is 28.7. The maximum absolute atomic E-state index is 6.95. The van der Waals surface area contributed by atoms with Crippen molar-refractivity contribution in [3.63, 3.8) is 0 Å². The minimum atomic E-state index is -0.656. The molecule has 0 fully saturated rings. The van der Waals surface area contributed by atoms with Gasteiger partial charge in [-0.25, -0.2) is 0 Å². The van der Waals surface area contributed by atoms with Gasteiger partial charge in [-0.2, -0.15) is 0 Å². The molecule has 274 valence electrons. The number of nitrogens with zero attached hydrogens (tertiary/aromatic N) is 1.